The fourth-order valence-corrected chi connectivity index (χ4v) is 4.38. The van der Waals surface area contributed by atoms with Crippen LogP contribution in [0.5, 0.6) is 0 Å². The molecule has 0 fully saturated rings. The Morgan fingerprint density at radius 1 is 1.20 bits per heavy atom. The smallest absolute Gasteiger partial charge is 0.167 e. The number of carbonyl (C=O) groups excluding carboxylic acids is 2. The van der Waals surface area contributed by atoms with Crippen LogP contribution in [-0.2, 0) is 9.59 Å². The minimum atomic E-state index is -0.516. The van der Waals surface area contributed by atoms with E-state index in [4.69, 9.17) is 0 Å². The third-order valence-corrected chi connectivity index (χ3v) is 5.60. The van der Waals surface area contributed by atoms with Gasteiger partial charge in [-0.15, -0.1) is 22.7 Å². The largest absolute Gasteiger partial charge is 0.299 e. The Kier molecular flexibility index (Phi) is 3.68. The van der Waals surface area contributed by atoms with Crippen LogP contribution < -0.4 is 0 Å². The average molecular weight is 302 g/mol. The molecule has 2 heterocycles. The molecule has 0 spiro atoms. The maximum Gasteiger partial charge on any atom is 0.167 e. The van der Waals surface area contributed by atoms with E-state index in [2.05, 4.69) is 0 Å². The van der Waals surface area contributed by atoms with E-state index in [1.807, 2.05) is 35.0 Å². The molecule has 4 heteroatoms. The van der Waals surface area contributed by atoms with Gasteiger partial charge < -0.3 is 0 Å². The van der Waals surface area contributed by atoms with E-state index >= 15 is 0 Å². The Hall–Kier alpha value is -1.52. The highest BCUT2D eigenvalue weighted by Gasteiger charge is 2.37. The van der Waals surface area contributed by atoms with Crippen molar-refractivity contribution in [3.8, 4) is 0 Å². The van der Waals surface area contributed by atoms with Crippen LogP contribution >= 0.6 is 22.7 Å². The Bertz CT molecular complexity index is 651. The minimum absolute atomic E-state index is 0.0119. The van der Waals surface area contributed by atoms with E-state index < -0.39 is 5.92 Å². The molecule has 3 rings (SSSR count). The summed E-state index contributed by atoms with van der Waals surface area (Å²) < 4.78 is 0. The summed E-state index contributed by atoms with van der Waals surface area (Å²) in [5, 5.41) is 4.01. The molecule has 1 aliphatic carbocycles. The Morgan fingerprint density at radius 3 is 2.55 bits per heavy atom. The summed E-state index contributed by atoms with van der Waals surface area (Å²) in [6.07, 6.45) is 2.43. The molecule has 0 bridgehead atoms. The SMILES string of the molecule is CC(=O)C1C(=O)C=C(c2cccs2)CC1c1cccs1. The summed E-state index contributed by atoms with van der Waals surface area (Å²) >= 11 is 3.26. The first kappa shape index (κ1) is 13.5. The summed E-state index contributed by atoms with van der Waals surface area (Å²) in [5.74, 6) is -0.611. The van der Waals surface area contributed by atoms with Crippen LogP contribution in [-0.4, -0.2) is 11.6 Å². The summed E-state index contributed by atoms with van der Waals surface area (Å²) in [6, 6.07) is 8.02. The second-order valence-corrected chi connectivity index (χ2v) is 6.89. The number of hydrogen-bond donors (Lipinski definition) is 0. The topological polar surface area (TPSA) is 34.1 Å². The minimum Gasteiger partial charge on any atom is -0.299 e. The quantitative estimate of drug-likeness (QED) is 0.798. The standard InChI is InChI=1S/C16H14O2S2/c1-10(17)16-12(15-5-3-7-20-15)8-11(9-13(16)18)14-4-2-6-19-14/h2-7,9,12,16H,8H2,1H3. The predicted molar refractivity (Wildman–Crippen MR) is 83.2 cm³/mol. The van der Waals surface area contributed by atoms with Gasteiger partial charge in [-0.05, 0) is 47.9 Å². The average Bonchev–Trinajstić information content (AvgIpc) is 3.11. The highest BCUT2D eigenvalue weighted by molar-refractivity contribution is 7.11. The molecule has 0 aromatic carbocycles. The first-order valence-corrected chi connectivity index (χ1v) is 8.25. The zero-order valence-electron chi connectivity index (χ0n) is 11.0. The fourth-order valence-electron chi connectivity index (χ4n) is 2.76. The lowest BCUT2D eigenvalue weighted by atomic mass is 9.76. The lowest BCUT2D eigenvalue weighted by molar-refractivity contribution is -0.130. The van der Waals surface area contributed by atoms with Crippen LogP contribution in [0.1, 0.15) is 29.0 Å². The number of Topliss-reactive ketones (excluding diaryl/α,β-unsaturated/α-hetero) is 1. The Morgan fingerprint density at radius 2 is 1.95 bits per heavy atom. The molecule has 2 aromatic heterocycles. The highest BCUT2D eigenvalue weighted by Crippen LogP contribution is 2.42. The van der Waals surface area contributed by atoms with Gasteiger partial charge in [0.05, 0.1) is 5.92 Å². The van der Waals surface area contributed by atoms with Gasteiger partial charge >= 0.3 is 0 Å². The second-order valence-electron chi connectivity index (χ2n) is 4.96. The van der Waals surface area contributed by atoms with E-state index in [1.54, 1.807) is 28.7 Å². The number of allylic oxidation sites excluding steroid dienone is 2. The molecule has 0 radical (unpaired) electrons. The van der Waals surface area contributed by atoms with Crippen LogP contribution in [0.3, 0.4) is 0 Å². The van der Waals surface area contributed by atoms with Gasteiger partial charge in [0.2, 0.25) is 0 Å². The van der Waals surface area contributed by atoms with Crippen molar-refractivity contribution in [1.29, 1.82) is 0 Å². The molecule has 0 saturated heterocycles. The maximum absolute atomic E-state index is 12.4. The van der Waals surface area contributed by atoms with Crippen LogP contribution in [0.2, 0.25) is 0 Å². The molecule has 0 amide bonds. The molecule has 1 aliphatic rings. The molecule has 0 aliphatic heterocycles. The van der Waals surface area contributed by atoms with Gasteiger partial charge in [-0.1, -0.05) is 12.1 Å². The van der Waals surface area contributed by atoms with Crippen molar-refractivity contribution >= 4 is 39.8 Å². The normalized spacial score (nSPS) is 22.6. The maximum atomic E-state index is 12.4. The van der Waals surface area contributed by atoms with Gasteiger partial charge in [-0.3, -0.25) is 9.59 Å². The van der Waals surface area contributed by atoms with Crippen molar-refractivity contribution in [3.05, 3.63) is 50.9 Å². The van der Waals surface area contributed by atoms with Crippen LogP contribution in [0.25, 0.3) is 5.57 Å². The van der Waals surface area contributed by atoms with E-state index in [0.29, 0.717) is 0 Å². The predicted octanol–water partition coefficient (Wildman–Crippen LogP) is 4.15. The summed E-state index contributed by atoms with van der Waals surface area (Å²) in [7, 11) is 0. The molecular weight excluding hydrogens is 288 g/mol. The fraction of sp³-hybridized carbons (Fsp3) is 0.250. The molecule has 2 atom stereocenters. The molecule has 2 nitrogen and oxygen atoms in total. The van der Waals surface area contributed by atoms with Gasteiger partial charge in [0.15, 0.2) is 5.78 Å². The van der Waals surface area contributed by atoms with E-state index in [-0.39, 0.29) is 17.5 Å². The van der Waals surface area contributed by atoms with Gasteiger partial charge in [-0.2, -0.15) is 0 Å². The van der Waals surface area contributed by atoms with Gasteiger partial charge in [0, 0.05) is 15.7 Å². The van der Waals surface area contributed by atoms with Gasteiger partial charge in [-0.25, -0.2) is 0 Å². The molecule has 2 aromatic rings. The third-order valence-electron chi connectivity index (χ3n) is 3.65. The number of ketones is 2. The zero-order valence-corrected chi connectivity index (χ0v) is 12.7. The van der Waals surface area contributed by atoms with Crippen LogP contribution in [0.15, 0.2) is 41.1 Å². The van der Waals surface area contributed by atoms with E-state index in [1.165, 1.54) is 6.92 Å². The number of rotatable bonds is 3. The second kappa shape index (κ2) is 5.46. The van der Waals surface area contributed by atoms with Gasteiger partial charge in [0.1, 0.15) is 5.78 Å². The van der Waals surface area contributed by atoms with E-state index in [0.717, 1.165) is 21.7 Å². The molecular formula is C16H14O2S2. The van der Waals surface area contributed by atoms with Crippen molar-refractivity contribution in [3.63, 3.8) is 0 Å². The lowest BCUT2D eigenvalue weighted by Crippen LogP contribution is -2.30. The molecule has 102 valence electrons. The first-order chi connectivity index (χ1) is 9.66. The summed E-state index contributed by atoms with van der Waals surface area (Å²) in [5.41, 5.74) is 1.06. The van der Waals surface area contributed by atoms with Crippen LogP contribution in [0.4, 0.5) is 0 Å². The molecule has 0 N–H and O–H groups in total. The van der Waals surface area contributed by atoms with Crippen molar-refractivity contribution in [2.24, 2.45) is 5.92 Å². The first-order valence-electron chi connectivity index (χ1n) is 6.49. The van der Waals surface area contributed by atoms with Crippen LogP contribution in [0, 0.1) is 5.92 Å². The van der Waals surface area contributed by atoms with Crippen molar-refractivity contribution in [2.45, 2.75) is 19.3 Å². The molecule has 20 heavy (non-hydrogen) atoms. The zero-order chi connectivity index (χ0) is 14.1. The Balaban J connectivity index is 2.02. The molecule has 0 saturated carbocycles. The lowest BCUT2D eigenvalue weighted by Gasteiger charge is -2.27. The number of thiophene rings is 2. The highest BCUT2D eigenvalue weighted by atomic mass is 32.1. The number of hydrogen-bond acceptors (Lipinski definition) is 4. The monoisotopic (exact) mass is 302 g/mol. The van der Waals surface area contributed by atoms with Crippen molar-refractivity contribution in [1.82, 2.24) is 0 Å². The summed E-state index contributed by atoms with van der Waals surface area (Å²) in [6.45, 7) is 1.52. The van der Waals surface area contributed by atoms with Gasteiger partial charge in [0.25, 0.3) is 0 Å². The summed E-state index contributed by atoms with van der Waals surface area (Å²) in [4.78, 5) is 26.5. The van der Waals surface area contributed by atoms with Crippen molar-refractivity contribution in [2.75, 3.05) is 0 Å². The third kappa shape index (κ3) is 2.41. The Labute approximate surface area is 125 Å². The molecule has 2 unspecified atom stereocenters. The van der Waals surface area contributed by atoms with Crippen molar-refractivity contribution < 1.29 is 9.59 Å². The number of carbonyl (C=O) groups is 2. The van der Waals surface area contributed by atoms with E-state index in [9.17, 15) is 9.59 Å².